The van der Waals surface area contributed by atoms with E-state index in [1.54, 1.807) is 0 Å². The third kappa shape index (κ3) is 2.97. The lowest BCUT2D eigenvalue weighted by atomic mass is 10.2. The zero-order valence-electron chi connectivity index (χ0n) is 10.8. The molecule has 2 aromatic carbocycles. The Morgan fingerprint density at radius 3 is 2.48 bits per heavy atom. The molecule has 104 valence electrons. The number of carbonyl (C=O) groups is 1. The number of ether oxygens (including phenoxy) is 1. The van der Waals surface area contributed by atoms with E-state index in [0.29, 0.717) is 5.76 Å². The molecule has 0 unspecified atom stereocenters. The monoisotopic (exact) mass is 283 g/mol. The van der Waals surface area contributed by atoms with Crippen LogP contribution in [0.5, 0.6) is 5.75 Å². The van der Waals surface area contributed by atoms with E-state index in [2.05, 4.69) is 5.16 Å². The Balaban J connectivity index is 1.77. The summed E-state index contributed by atoms with van der Waals surface area (Å²) in [4.78, 5) is 11.9. The van der Waals surface area contributed by atoms with Gasteiger partial charge in [0.15, 0.2) is 11.5 Å². The molecule has 4 nitrogen and oxygen atoms in total. The van der Waals surface area contributed by atoms with Crippen LogP contribution in [0.2, 0.25) is 0 Å². The Labute approximate surface area is 119 Å². The lowest BCUT2D eigenvalue weighted by molar-refractivity contribution is 0.0724. The summed E-state index contributed by atoms with van der Waals surface area (Å²) in [5, 5.41) is 3.68. The molecule has 1 heterocycles. The van der Waals surface area contributed by atoms with E-state index in [-0.39, 0.29) is 11.4 Å². The molecule has 0 bridgehead atoms. The van der Waals surface area contributed by atoms with Crippen LogP contribution in [0.15, 0.2) is 65.2 Å². The molecule has 0 N–H and O–H groups in total. The van der Waals surface area contributed by atoms with Gasteiger partial charge in [0.05, 0.1) is 0 Å². The average molecular weight is 283 g/mol. The number of nitrogens with zero attached hydrogens (tertiary/aromatic N) is 1. The number of carbonyl (C=O) groups excluding carboxylic acids is 1. The van der Waals surface area contributed by atoms with Crippen LogP contribution in [0.4, 0.5) is 4.39 Å². The van der Waals surface area contributed by atoms with Crippen molar-refractivity contribution in [1.29, 1.82) is 0 Å². The third-order valence-electron chi connectivity index (χ3n) is 2.80. The highest BCUT2D eigenvalue weighted by atomic mass is 19.1. The number of hydrogen-bond acceptors (Lipinski definition) is 4. The molecule has 0 fully saturated rings. The minimum absolute atomic E-state index is 0.0539. The normalized spacial score (nSPS) is 10.3. The van der Waals surface area contributed by atoms with Gasteiger partial charge >= 0.3 is 5.97 Å². The highest BCUT2D eigenvalue weighted by Gasteiger charge is 2.15. The van der Waals surface area contributed by atoms with E-state index in [0.717, 1.165) is 5.56 Å². The Kier molecular flexibility index (Phi) is 3.47. The van der Waals surface area contributed by atoms with Gasteiger partial charge in [0.25, 0.3) is 0 Å². The molecule has 0 saturated heterocycles. The molecule has 0 saturated carbocycles. The first-order chi connectivity index (χ1) is 10.2. The molecule has 0 atom stereocenters. The third-order valence-corrected chi connectivity index (χ3v) is 2.80. The van der Waals surface area contributed by atoms with Crippen molar-refractivity contribution >= 4 is 5.97 Å². The van der Waals surface area contributed by atoms with Crippen molar-refractivity contribution in [2.45, 2.75) is 0 Å². The van der Waals surface area contributed by atoms with Crippen molar-refractivity contribution in [2.24, 2.45) is 0 Å². The van der Waals surface area contributed by atoms with Crippen molar-refractivity contribution in [3.63, 3.8) is 0 Å². The molecule has 3 rings (SSSR count). The fraction of sp³-hybridized carbons (Fsp3) is 0. The molecule has 1 aromatic heterocycles. The van der Waals surface area contributed by atoms with Crippen molar-refractivity contribution in [2.75, 3.05) is 0 Å². The maximum absolute atomic E-state index is 12.8. The number of esters is 1. The lowest BCUT2D eigenvalue weighted by Crippen LogP contribution is -2.08. The molecule has 3 aromatic rings. The van der Waals surface area contributed by atoms with Gasteiger partial charge in [-0.15, -0.1) is 0 Å². The van der Waals surface area contributed by atoms with Crippen molar-refractivity contribution in [1.82, 2.24) is 5.16 Å². The van der Waals surface area contributed by atoms with Gasteiger partial charge in [-0.3, -0.25) is 0 Å². The Morgan fingerprint density at radius 2 is 1.76 bits per heavy atom. The van der Waals surface area contributed by atoms with E-state index >= 15 is 0 Å². The summed E-state index contributed by atoms with van der Waals surface area (Å²) < 4.78 is 23.0. The molecule has 0 amide bonds. The first-order valence-electron chi connectivity index (χ1n) is 6.22. The molecular weight excluding hydrogens is 273 g/mol. The van der Waals surface area contributed by atoms with Gasteiger partial charge in [0.1, 0.15) is 11.6 Å². The molecule has 0 radical (unpaired) electrons. The summed E-state index contributed by atoms with van der Waals surface area (Å²) in [7, 11) is 0. The minimum Gasteiger partial charge on any atom is -0.422 e. The molecule has 0 aliphatic rings. The second-order valence-electron chi connectivity index (χ2n) is 4.29. The van der Waals surface area contributed by atoms with Gasteiger partial charge in [-0.25, -0.2) is 9.18 Å². The largest absolute Gasteiger partial charge is 0.422 e. The quantitative estimate of drug-likeness (QED) is 0.543. The summed E-state index contributed by atoms with van der Waals surface area (Å²) >= 11 is 0. The highest BCUT2D eigenvalue weighted by Crippen LogP contribution is 2.20. The molecule has 0 aliphatic heterocycles. The number of aromatic nitrogens is 1. The van der Waals surface area contributed by atoms with Gasteiger partial charge in [-0.2, -0.15) is 0 Å². The van der Waals surface area contributed by atoms with Gasteiger partial charge < -0.3 is 9.26 Å². The van der Waals surface area contributed by atoms with Gasteiger partial charge in [0, 0.05) is 11.6 Å². The average Bonchev–Trinajstić information content (AvgIpc) is 3.00. The Hall–Kier alpha value is -2.95. The van der Waals surface area contributed by atoms with Gasteiger partial charge in [0.2, 0.25) is 0 Å². The van der Waals surface area contributed by atoms with Gasteiger partial charge in [-0.1, -0.05) is 35.5 Å². The van der Waals surface area contributed by atoms with Crippen LogP contribution in [0, 0.1) is 5.82 Å². The first-order valence-corrected chi connectivity index (χ1v) is 6.22. The summed E-state index contributed by atoms with van der Waals surface area (Å²) in [6.07, 6.45) is 0. The van der Waals surface area contributed by atoms with E-state index in [1.807, 2.05) is 30.3 Å². The van der Waals surface area contributed by atoms with Crippen molar-refractivity contribution < 1.29 is 18.4 Å². The Morgan fingerprint density at radius 1 is 1.05 bits per heavy atom. The summed E-state index contributed by atoms with van der Waals surface area (Å²) in [5.74, 6) is -0.345. The number of halogens is 1. The molecule has 0 aliphatic carbocycles. The van der Waals surface area contributed by atoms with Crippen LogP contribution in [0.1, 0.15) is 10.5 Å². The molecule has 0 spiro atoms. The van der Waals surface area contributed by atoms with Crippen molar-refractivity contribution in [3.05, 3.63) is 72.2 Å². The standard InChI is InChI=1S/C16H10FNO3/c17-12-6-8-13(9-7-12)20-16(19)14-10-15(21-18-14)11-4-2-1-3-5-11/h1-10H. The van der Waals surface area contributed by atoms with Crippen LogP contribution in [0.3, 0.4) is 0 Å². The van der Waals surface area contributed by atoms with Crippen LogP contribution >= 0.6 is 0 Å². The van der Waals surface area contributed by atoms with E-state index in [9.17, 15) is 9.18 Å². The minimum atomic E-state index is -0.660. The highest BCUT2D eigenvalue weighted by molar-refractivity contribution is 5.89. The van der Waals surface area contributed by atoms with Crippen LogP contribution in [-0.2, 0) is 0 Å². The van der Waals surface area contributed by atoms with Crippen LogP contribution in [0.25, 0.3) is 11.3 Å². The zero-order chi connectivity index (χ0) is 14.7. The fourth-order valence-electron chi connectivity index (χ4n) is 1.77. The second-order valence-corrected chi connectivity index (χ2v) is 4.29. The second kappa shape index (κ2) is 5.58. The maximum Gasteiger partial charge on any atom is 0.365 e. The zero-order valence-corrected chi connectivity index (χ0v) is 10.8. The predicted octanol–water partition coefficient (Wildman–Crippen LogP) is 3.70. The lowest BCUT2D eigenvalue weighted by Gasteiger charge is -2.00. The van der Waals surface area contributed by atoms with Crippen LogP contribution in [-0.4, -0.2) is 11.1 Å². The first kappa shape index (κ1) is 13.1. The molecule has 5 heteroatoms. The number of rotatable bonds is 3. The van der Waals surface area contributed by atoms with Crippen LogP contribution < -0.4 is 4.74 Å². The van der Waals surface area contributed by atoms with E-state index < -0.39 is 11.8 Å². The molecule has 21 heavy (non-hydrogen) atoms. The summed E-state index contributed by atoms with van der Waals surface area (Å²) in [6, 6.07) is 15.9. The predicted molar refractivity (Wildman–Crippen MR) is 73.3 cm³/mol. The summed E-state index contributed by atoms with van der Waals surface area (Å²) in [5.41, 5.74) is 0.865. The number of hydrogen-bond donors (Lipinski definition) is 0. The van der Waals surface area contributed by atoms with Gasteiger partial charge in [-0.05, 0) is 24.3 Å². The van der Waals surface area contributed by atoms with E-state index in [1.165, 1.54) is 30.3 Å². The molecular formula is C16H10FNO3. The summed E-state index contributed by atoms with van der Waals surface area (Å²) in [6.45, 7) is 0. The topological polar surface area (TPSA) is 52.3 Å². The fourth-order valence-corrected chi connectivity index (χ4v) is 1.77. The smallest absolute Gasteiger partial charge is 0.365 e. The Bertz CT molecular complexity index is 751. The number of benzene rings is 2. The SMILES string of the molecule is O=C(Oc1ccc(F)cc1)c1cc(-c2ccccc2)on1. The van der Waals surface area contributed by atoms with Crippen molar-refractivity contribution in [3.8, 4) is 17.1 Å². The maximum atomic E-state index is 12.8. The van der Waals surface area contributed by atoms with E-state index in [4.69, 9.17) is 9.26 Å².